The van der Waals surface area contributed by atoms with E-state index >= 15 is 0 Å². The zero-order valence-corrected chi connectivity index (χ0v) is 19.9. The first-order chi connectivity index (χ1) is 15.6. The molecule has 0 spiro atoms. The van der Waals surface area contributed by atoms with Gasteiger partial charge in [-0.15, -0.1) is 18.2 Å². The zero-order valence-electron chi connectivity index (χ0n) is 19.1. The first kappa shape index (κ1) is 28.7. The van der Waals surface area contributed by atoms with Crippen molar-refractivity contribution in [2.24, 2.45) is 0 Å². The summed E-state index contributed by atoms with van der Waals surface area (Å²) in [6, 6.07) is 0. The lowest BCUT2D eigenvalue weighted by Gasteiger charge is -2.44. The van der Waals surface area contributed by atoms with Gasteiger partial charge < -0.3 is 33.2 Å². The number of carbonyl (C=O) groups excluding carboxylic acids is 4. The third kappa shape index (κ3) is 11.4. The Morgan fingerprint density at radius 3 is 1.97 bits per heavy atom. The lowest BCUT2D eigenvalue weighted by Crippen LogP contribution is -2.61. The molecule has 0 aromatic heterocycles. The number of thioether (sulfide) groups is 1. The standard InChI is InChI=1S/C21H30O11S/c1-6-7-26-8-9-27-10-11-33-21-20(31-16(5)25)19(30-15(4)24)18(29-14(3)23)17(32-21)12-28-13(2)22/h1,17-21H,7-12H2,2-5H3/t17-,18+,19+,20-,21+/m1/s1. The third-order valence-corrected chi connectivity index (χ3v) is 5.13. The van der Waals surface area contributed by atoms with Crippen molar-refractivity contribution in [1.29, 1.82) is 0 Å². The minimum atomic E-state index is -1.18. The SMILES string of the molecule is C#CCOCCOCCS[C@@H]1O[C@H](COC(C)=O)[C@H](OC(C)=O)[C@H](OC(C)=O)[C@H]1OC(C)=O. The lowest BCUT2D eigenvalue weighted by atomic mass is 9.99. The van der Waals surface area contributed by atoms with Gasteiger partial charge in [-0.1, -0.05) is 5.92 Å². The Bertz CT molecular complexity index is 705. The van der Waals surface area contributed by atoms with E-state index in [9.17, 15) is 19.2 Å². The Balaban J connectivity index is 2.96. The summed E-state index contributed by atoms with van der Waals surface area (Å²) in [5, 5.41) is 0. The van der Waals surface area contributed by atoms with E-state index in [4.69, 9.17) is 39.6 Å². The predicted octanol–water partition coefficient (Wildman–Crippen LogP) is 0.469. The second kappa shape index (κ2) is 15.5. The molecule has 0 radical (unpaired) electrons. The molecule has 5 atom stereocenters. The average molecular weight is 491 g/mol. The average Bonchev–Trinajstić information content (AvgIpc) is 2.71. The monoisotopic (exact) mass is 490 g/mol. The second-order valence-electron chi connectivity index (χ2n) is 6.81. The third-order valence-electron chi connectivity index (χ3n) is 4.02. The molecule has 0 aliphatic carbocycles. The summed E-state index contributed by atoms with van der Waals surface area (Å²) in [6.07, 6.45) is 0.685. The molecule has 1 aliphatic rings. The van der Waals surface area contributed by atoms with Crippen LogP contribution in [0.1, 0.15) is 27.7 Å². The molecular weight excluding hydrogens is 460 g/mol. The molecular formula is C21H30O11S. The van der Waals surface area contributed by atoms with Gasteiger partial charge in [0.25, 0.3) is 0 Å². The first-order valence-corrected chi connectivity index (χ1v) is 11.2. The van der Waals surface area contributed by atoms with E-state index in [2.05, 4.69) is 5.92 Å². The van der Waals surface area contributed by atoms with Gasteiger partial charge in [-0.3, -0.25) is 19.2 Å². The summed E-state index contributed by atoms with van der Waals surface area (Å²) in [5.41, 5.74) is -0.827. The highest BCUT2D eigenvalue weighted by molar-refractivity contribution is 7.99. The Labute approximate surface area is 197 Å². The maximum atomic E-state index is 11.8. The van der Waals surface area contributed by atoms with Gasteiger partial charge in [0.2, 0.25) is 0 Å². The van der Waals surface area contributed by atoms with Crippen LogP contribution in [0.3, 0.4) is 0 Å². The minimum Gasteiger partial charge on any atom is -0.463 e. The summed E-state index contributed by atoms with van der Waals surface area (Å²) >= 11 is 1.24. The zero-order chi connectivity index (χ0) is 24.8. The second-order valence-corrected chi connectivity index (χ2v) is 8.01. The molecule has 1 fully saturated rings. The van der Waals surface area contributed by atoms with E-state index in [1.54, 1.807) is 0 Å². The summed E-state index contributed by atoms with van der Waals surface area (Å²) in [7, 11) is 0. The van der Waals surface area contributed by atoms with Gasteiger partial charge in [0.1, 0.15) is 24.8 Å². The normalized spacial score (nSPS) is 24.3. The number of carbonyl (C=O) groups is 4. The first-order valence-electron chi connectivity index (χ1n) is 10.2. The van der Waals surface area contributed by atoms with E-state index < -0.39 is 53.7 Å². The topological polar surface area (TPSA) is 133 Å². The molecule has 0 aromatic carbocycles. The molecule has 0 amide bonds. The van der Waals surface area contributed by atoms with Crippen LogP contribution in [0.4, 0.5) is 0 Å². The van der Waals surface area contributed by atoms with Gasteiger partial charge in [0, 0.05) is 33.4 Å². The van der Waals surface area contributed by atoms with E-state index in [-0.39, 0.29) is 13.2 Å². The van der Waals surface area contributed by atoms with Gasteiger partial charge in [-0.25, -0.2) is 0 Å². The number of ether oxygens (including phenoxy) is 7. The van der Waals surface area contributed by atoms with Crippen LogP contribution in [0.5, 0.6) is 0 Å². The van der Waals surface area contributed by atoms with Gasteiger partial charge in [0.05, 0.1) is 19.8 Å². The van der Waals surface area contributed by atoms with Crippen molar-refractivity contribution in [3.05, 3.63) is 0 Å². The van der Waals surface area contributed by atoms with Crippen molar-refractivity contribution in [1.82, 2.24) is 0 Å². The van der Waals surface area contributed by atoms with Crippen LogP contribution < -0.4 is 0 Å². The summed E-state index contributed by atoms with van der Waals surface area (Å²) in [5.74, 6) is 0.192. The van der Waals surface area contributed by atoms with E-state index in [1.807, 2.05) is 0 Å². The Kier molecular flexibility index (Phi) is 13.5. The molecule has 12 heteroatoms. The highest BCUT2D eigenvalue weighted by Crippen LogP contribution is 2.34. The largest absolute Gasteiger partial charge is 0.463 e. The lowest BCUT2D eigenvalue weighted by molar-refractivity contribution is -0.237. The molecule has 0 bridgehead atoms. The molecule has 0 unspecified atom stereocenters. The summed E-state index contributed by atoms with van der Waals surface area (Å²) in [4.78, 5) is 46.6. The van der Waals surface area contributed by atoms with Crippen LogP contribution in [0, 0.1) is 12.3 Å². The summed E-state index contributed by atoms with van der Waals surface area (Å²) in [6.45, 7) is 5.67. The molecule has 11 nitrogen and oxygen atoms in total. The number of hydrogen-bond donors (Lipinski definition) is 0. The van der Waals surface area contributed by atoms with Crippen molar-refractivity contribution >= 4 is 35.6 Å². The number of rotatable bonds is 13. The number of esters is 4. The quantitative estimate of drug-likeness (QED) is 0.154. The molecule has 0 aromatic rings. The molecule has 0 N–H and O–H groups in total. The molecule has 1 saturated heterocycles. The number of hydrogen-bond acceptors (Lipinski definition) is 12. The molecule has 0 saturated carbocycles. The van der Waals surface area contributed by atoms with E-state index in [0.717, 1.165) is 0 Å². The van der Waals surface area contributed by atoms with Gasteiger partial charge in [0.15, 0.2) is 18.3 Å². The van der Waals surface area contributed by atoms with Crippen LogP contribution in [0.2, 0.25) is 0 Å². The molecule has 186 valence electrons. The van der Waals surface area contributed by atoms with Crippen LogP contribution in [-0.2, 0) is 52.3 Å². The van der Waals surface area contributed by atoms with E-state index in [0.29, 0.717) is 25.6 Å². The highest BCUT2D eigenvalue weighted by atomic mass is 32.2. The minimum absolute atomic E-state index is 0.197. The van der Waals surface area contributed by atoms with Crippen molar-refractivity contribution in [3.63, 3.8) is 0 Å². The van der Waals surface area contributed by atoms with Crippen molar-refractivity contribution in [2.45, 2.75) is 57.5 Å². The van der Waals surface area contributed by atoms with Crippen LogP contribution in [0.25, 0.3) is 0 Å². The maximum Gasteiger partial charge on any atom is 0.303 e. The van der Waals surface area contributed by atoms with Crippen molar-refractivity contribution in [3.8, 4) is 12.3 Å². The van der Waals surface area contributed by atoms with Crippen LogP contribution in [0.15, 0.2) is 0 Å². The summed E-state index contributed by atoms with van der Waals surface area (Å²) < 4.78 is 37.7. The molecule has 1 aliphatic heterocycles. The van der Waals surface area contributed by atoms with Crippen molar-refractivity contribution < 1.29 is 52.3 Å². The molecule has 1 rings (SSSR count). The maximum absolute atomic E-state index is 11.8. The Morgan fingerprint density at radius 1 is 0.818 bits per heavy atom. The predicted molar refractivity (Wildman–Crippen MR) is 115 cm³/mol. The van der Waals surface area contributed by atoms with Gasteiger partial charge in [-0.05, 0) is 0 Å². The molecule has 1 heterocycles. The smallest absolute Gasteiger partial charge is 0.303 e. The van der Waals surface area contributed by atoms with Crippen LogP contribution >= 0.6 is 11.8 Å². The van der Waals surface area contributed by atoms with Gasteiger partial charge >= 0.3 is 23.9 Å². The fraction of sp³-hybridized carbons (Fsp3) is 0.714. The Morgan fingerprint density at radius 2 is 1.39 bits per heavy atom. The van der Waals surface area contributed by atoms with E-state index in [1.165, 1.54) is 39.5 Å². The molecule has 33 heavy (non-hydrogen) atoms. The fourth-order valence-electron chi connectivity index (χ4n) is 2.90. The number of terminal acetylenes is 1. The Hall–Kier alpha value is -2.33. The van der Waals surface area contributed by atoms with Gasteiger partial charge in [-0.2, -0.15) is 0 Å². The van der Waals surface area contributed by atoms with Crippen molar-refractivity contribution in [2.75, 3.05) is 38.8 Å². The van der Waals surface area contributed by atoms with Crippen LogP contribution in [-0.4, -0.2) is 92.5 Å². The highest BCUT2D eigenvalue weighted by Gasteiger charge is 2.52. The fourth-order valence-corrected chi connectivity index (χ4v) is 3.96.